The van der Waals surface area contributed by atoms with Crippen LogP contribution in [0.4, 0.5) is 10.1 Å². The zero-order chi connectivity index (χ0) is 15.6. The lowest BCUT2D eigenvalue weighted by Crippen LogP contribution is -2.15. The minimum Gasteiger partial charge on any atom is -0.366 e. The third kappa shape index (κ3) is 3.38. The zero-order valence-electron chi connectivity index (χ0n) is 11.1. The number of carbonyl (C=O) groups excluding carboxylic acids is 2. The van der Waals surface area contributed by atoms with Crippen molar-refractivity contribution in [2.75, 3.05) is 5.32 Å². The number of benzene rings is 2. The summed E-state index contributed by atoms with van der Waals surface area (Å²) in [5, 5.41) is 2.63. The van der Waals surface area contributed by atoms with Crippen LogP contribution in [0.5, 0.6) is 0 Å². The second-order valence-electron chi connectivity index (χ2n) is 4.50. The number of nitrogens with one attached hydrogen (secondary N) is 1. The number of primary amides is 1. The fraction of sp³-hybridized carbons (Fsp3) is 0.0667. The first-order valence-electron chi connectivity index (χ1n) is 6.05. The molecule has 4 nitrogen and oxygen atoms in total. The Balaban J connectivity index is 2.26. The Morgan fingerprint density at radius 1 is 1.14 bits per heavy atom. The molecule has 0 saturated carbocycles. The fourth-order valence-electron chi connectivity index (χ4n) is 1.80. The van der Waals surface area contributed by atoms with Gasteiger partial charge in [-0.25, -0.2) is 4.39 Å². The van der Waals surface area contributed by atoms with Gasteiger partial charge < -0.3 is 11.1 Å². The van der Waals surface area contributed by atoms with Gasteiger partial charge in [-0.2, -0.15) is 0 Å². The van der Waals surface area contributed by atoms with Gasteiger partial charge in [-0.3, -0.25) is 9.59 Å². The first kappa shape index (κ1) is 15.0. The molecule has 21 heavy (non-hydrogen) atoms. The van der Waals surface area contributed by atoms with Crippen molar-refractivity contribution in [3.8, 4) is 0 Å². The van der Waals surface area contributed by atoms with Crippen molar-refractivity contribution in [3.63, 3.8) is 0 Å². The molecule has 0 fully saturated rings. The molecular weight excluding hydrogens is 295 g/mol. The van der Waals surface area contributed by atoms with E-state index in [-0.39, 0.29) is 16.1 Å². The third-order valence-electron chi connectivity index (χ3n) is 2.86. The normalized spacial score (nSPS) is 10.2. The highest BCUT2D eigenvalue weighted by atomic mass is 35.5. The van der Waals surface area contributed by atoms with Crippen molar-refractivity contribution in [3.05, 3.63) is 63.9 Å². The van der Waals surface area contributed by atoms with Gasteiger partial charge in [-0.05, 0) is 37.3 Å². The van der Waals surface area contributed by atoms with Gasteiger partial charge in [0, 0.05) is 5.69 Å². The summed E-state index contributed by atoms with van der Waals surface area (Å²) >= 11 is 5.88. The molecular formula is C15H12ClFN2O2. The second kappa shape index (κ2) is 5.93. The highest BCUT2D eigenvalue weighted by Crippen LogP contribution is 2.21. The summed E-state index contributed by atoms with van der Waals surface area (Å²) in [6.45, 7) is 1.76. The van der Waals surface area contributed by atoms with Crippen molar-refractivity contribution < 1.29 is 14.0 Å². The lowest BCUT2D eigenvalue weighted by Gasteiger charge is -2.08. The maximum absolute atomic E-state index is 13.6. The van der Waals surface area contributed by atoms with E-state index >= 15 is 0 Å². The highest BCUT2D eigenvalue weighted by Gasteiger charge is 2.13. The zero-order valence-corrected chi connectivity index (χ0v) is 11.9. The molecule has 2 aromatic rings. The molecule has 2 aromatic carbocycles. The number of anilines is 1. The maximum Gasteiger partial charge on any atom is 0.258 e. The first-order chi connectivity index (χ1) is 9.88. The van der Waals surface area contributed by atoms with Crippen molar-refractivity contribution in [2.24, 2.45) is 5.73 Å². The smallest absolute Gasteiger partial charge is 0.258 e. The minimum absolute atomic E-state index is 0.0647. The predicted molar refractivity (Wildman–Crippen MR) is 79.1 cm³/mol. The quantitative estimate of drug-likeness (QED) is 0.914. The van der Waals surface area contributed by atoms with E-state index in [1.165, 1.54) is 30.3 Å². The Morgan fingerprint density at radius 2 is 1.86 bits per heavy atom. The number of halogens is 2. The van der Waals surface area contributed by atoms with Gasteiger partial charge in [-0.15, -0.1) is 0 Å². The monoisotopic (exact) mass is 306 g/mol. The second-order valence-corrected chi connectivity index (χ2v) is 4.90. The van der Waals surface area contributed by atoms with Gasteiger partial charge in [0.25, 0.3) is 5.91 Å². The standard InChI is InChI=1S/C15H12ClFN2O2/c1-8-2-5-13(17)11(6-8)15(21)19-9-3-4-10(14(18)20)12(16)7-9/h2-7H,1H3,(H2,18,20)(H,19,21). The molecule has 0 aliphatic rings. The molecule has 0 radical (unpaired) electrons. The van der Waals surface area contributed by atoms with Gasteiger partial charge in [0.1, 0.15) is 5.82 Å². The lowest BCUT2D eigenvalue weighted by atomic mass is 10.1. The molecule has 0 aromatic heterocycles. The Hall–Kier alpha value is -2.40. The fourth-order valence-corrected chi connectivity index (χ4v) is 2.08. The average molecular weight is 307 g/mol. The molecule has 2 rings (SSSR count). The van der Waals surface area contributed by atoms with Gasteiger partial charge in [0.15, 0.2) is 0 Å². The van der Waals surface area contributed by atoms with Crippen LogP contribution in [0.3, 0.4) is 0 Å². The Bertz CT molecular complexity index is 732. The molecule has 0 aliphatic heterocycles. The van der Waals surface area contributed by atoms with Crippen LogP contribution in [0, 0.1) is 12.7 Å². The summed E-state index contributed by atoms with van der Waals surface area (Å²) in [7, 11) is 0. The molecule has 0 bridgehead atoms. The summed E-state index contributed by atoms with van der Waals surface area (Å²) < 4.78 is 13.6. The summed E-state index contributed by atoms with van der Waals surface area (Å²) in [5.41, 5.74) is 6.33. The van der Waals surface area contributed by atoms with Crippen molar-refractivity contribution in [1.82, 2.24) is 0 Å². The Labute approximate surface area is 125 Å². The molecule has 6 heteroatoms. The van der Waals surface area contributed by atoms with Crippen LogP contribution >= 0.6 is 11.6 Å². The van der Waals surface area contributed by atoms with E-state index in [9.17, 15) is 14.0 Å². The highest BCUT2D eigenvalue weighted by molar-refractivity contribution is 6.34. The number of nitrogens with two attached hydrogens (primary N) is 1. The van der Waals surface area contributed by atoms with Crippen LogP contribution in [0.15, 0.2) is 36.4 Å². The predicted octanol–water partition coefficient (Wildman–Crippen LogP) is 3.14. The molecule has 108 valence electrons. The van der Waals surface area contributed by atoms with E-state index in [1.807, 2.05) is 0 Å². The average Bonchev–Trinajstić information content (AvgIpc) is 2.41. The van der Waals surface area contributed by atoms with E-state index in [1.54, 1.807) is 13.0 Å². The topological polar surface area (TPSA) is 72.2 Å². The molecule has 0 saturated heterocycles. The van der Waals surface area contributed by atoms with E-state index in [0.717, 1.165) is 5.56 Å². The minimum atomic E-state index is -0.664. The van der Waals surface area contributed by atoms with Gasteiger partial charge in [0.05, 0.1) is 16.1 Å². The van der Waals surface area contributed by atoms with E-state index in [4.69, 9.17) is 17.3 Å². The van der Waals surface area contributed by atoms with Crippen LogP contribution in [-0.2, 0) is 0 Å². The number of amides is 2. The Morgan fingerprint density at radius 3 is 2.48 bits per heavy atom. The molecule has 0 heterocycles. The number of hydrogen-bond donors (Lipinski definition) is 2. The number of hydrogen-bond acceptors (Lipinski definition) is 2. The molecule has 0 unspecified atom stereocenters. The van der Waals surface area contributed by atoms with Gasteiger partial charge >= 0.3 is 0 Å². The SMILES string of the molecule is Cc1ccc(F)c(C(=O)Nc2ccc(C(N)=O)c(Cl)c2)c1. The largest absolute Gasteiger partial charge is 0.366 e. The summed E-state index contributed by atoms with van der Waals surface area (Å²) in [6, 6.07) is 8.50. The molecule has 3 N–H and O–H groups in total. The van der Waals surface area contributed by atoms with Crippen LogP contribution < -0.4 is 11.1 Å². The summed E-state index contributed by atoms with van der Waals surface area (Å²) in [5.74, 6) is -1.88. The van der Waals surface area contributed by atoms with E-state index < -0.39 is 17.6 Å². The first-order valence-corrected chi connectivity index (χ1v) is 6.43. The van der Waals surface area contributed by atoms with Crippen molar-refractivity contribution >= 4 is 29.1 Å². The number of aryl methyl sites for hydroxylation is 1. The number of rotatable bonds is 3. The molecule has 2 amide bonds. The van der Waals surface area contributed by atoms with Gasteiger partial charge in [-0.1, -0.05) is 23.2 Å². The van der Waals surface area contributed by atoms with Crippen LogP contribution in [0.1, 0.15) is 26.3 Å². The van der Waals surface area contributed by atoms with Crippen LogP contribution in [0.2, 0.25) is 5.02 Å². The van der Waals surface area contributed by atoms with E-state index in [2.05, 4.69) is 5.32 Å². The molecule has 0 aliphatic carbocycles. The van der Waals surface area contributed by atoms with Crippen LogP contribution in [0.25, 0.3) is 0 Å². The van der Waals surface area contributed by atoms with Gasteiger partial charge in [0.2, 0.25) is 5.91 Å². The van der Waals surface area contributed by atoms with Crippen molar-refractivity contribution in [2.45, 2.75) is 6.92 Å². The Kier molecular flexibility index (Phi) is 4.23. The summed E-state index contributed by atoms with van der Waals surface area (Å²) in [6.07, 6.45) is 0. The third-order valence-corrected chi connectivity index (χ3v) is 3.17. The summed E-state index contributed by atoms with van der Waals surface area (Å²) in [4.78, 5) is 23.1. The van der Waals surface area contributed by atoms with Crippen LogP contribution in [-0.4, -0.2) is 11.8 Å². The lowest BCUT2D eigenvalue weighted by molar-refractivity contribution is 0.0998. The van der Waals surface area contributed by atoms with Crippen molar-refractivity contribution in [1.29, 1.82) is 0 Å². The van der Waals surface area contributed by atoms with E-state index in [0.29, 0.717) is 5.69 Å². The molecule has 0 atom stereocenters. The maximum atomic E-state index is 13.6. The molecule has 0 spiro atoms. The number of carbonyl (C=O) groups is 2.